The lowest BCUT2D eigenvalue weighted by Crippen LogP contribution is -2.86. The van der Waals surface area contributed by atoms with E-state index in [0.29, 0.717) is 22.7 Å². The minimum atomic E-state index is -0.283. The molecule has 0 radical (unpaired) electrons. The summed E-state index contributed by atoms with van der Waals surface area (Å²) in [4.78, 5) is 24.6. The Morgan fingerprint density at radius 2 is 1.48 bits per heavy atom. The van der Waals surface area contributed by atoms with Crippen LogP contribution < -0.4 is 20.7 Å². The Bertz CT molecular complexity index is 1020. The van der Waals surface area contributed by atoms with E-state index in [1.54, 1.807) is 67.8 Å². The van der Waals surface area contributed by atoms with Gasteiger partial charge in [0.25, 0.3) is 11.8 Å². The molecule has 3 aromatic rings. The van der Waals surface area contributed by atoms with Gasteiger partial charge in [-0.1, -0.05) is 12.1 Å². The van der Waals surface area contributed by atoms with Crippen molar-refractivity contribution in [3.8, 4) is 5.75 Å². The number of hydrogen-bond acceptors (Lipinski definition) is 3. The first-order valence-corrected chi connectivity index (χ1v) is 9.88. The zero-order chi connectivity index (χ0) is 22.2. The van der Waals surface area contributed by atoms with E-state index in [4.69, 9.17) is 4.74 Å². The Kier molecular flexibility index (Phi) is 7.35. The van der Waals surface area contributed by atoms with Crippen LogP contribution in [0.5, 0.6) is 5.75 Å². The molecule has 3 aromatic carbocycles. The van der Waals surface area contributed by atoms with Gasteiger partial charge in [-0.15, -0.1) is 0 Å². The van der Waals surface area contributed by atoms with Crippen molar-refractivity contribution < 1.29 is 24.0 Å². The van der Waals surface area contributed by atoms with Crippen LogP contribution in [-0.4, -0.2) is 25.5 Å². The fourth-order valence-electron chi connectivity index (χ4n) is 2.98. The largest absolute Gasteiger partial charge is 0.497 e. The molecule has 4 N–H and O–H groups in total. The molecule has 31 heavy (non-hydrogen) atoms. The molecular weight excluding hydrogens is 397 g/mol. The van der Waals surface area contributed by atoms with Gasteiger partial charge in [0.1, 0.15) is 17.6 Å². The fourth-order valence-corrected chi connectivity index (χ4v) is 2.98. The number of methoxy groups -OCH3 is 1. The summed E-state index contributed by atoms with van der Waals surface area (Å²) in [5.41, 5.74) is 2.69. The molecule has 7 heteroatoms. The number of nitrogens with one attached hydrogen (secondary N) is 2. The number of hydrogen-bond donors (Lipinski definition) is 3. The smallest absolute Gasteiger partial charge is 0.279 e. The van der Waals surface area contributed by atoms with Crippen LogP contribution in [0.4, 0.5) is 15.8 Å². The third kappa shape index (κ3) is 6.38. The summed E-state index contributed by atoms with van der Waals surface area (Å²) in [5.74, 6) is 0.0196. The van der Waals surface area contributed by atoms with Crippen LogP contribution in [0.2, 0.25) is 0 Å². The van der Waals surface area contributed by atoms with Gasteiger partial charge in [-0.3, -0.25) is 9.59 Å². The molecule has 0 aliphatic rings. The van der Waals surface area contributed by atoms with Crippen LogP contribution in [0.1, 0.15) is 28.9 Å². The number of carbonyl (C=O) groups excluding carboxylic acids is 2. The second-order valence-corrected chi connectivity index (χ2v) is 7.09. The molecule has 0 aliphatic carbocycles. The number of carbonyl (C=O) groups is 2. The maximum atomic E-state index is 13.0. The van der Waals surface area contributed by atoms with Crippen molar-refractivity contribution in [2.45, 2.75) is 13.0 Å². The molecule has 0 heterocycles. The molecule has 1 atom stereocenters. The van der Waals surface area contributed by atoms with Gasteiger partial charge < -0.3 is 20.7 Å². The van der Waals surface area contributed by atoms with Crippen LogP contribution in [0, 0.1) is 5.82 Å². The van der Waals surface area contributed by atoms with Gasteiger partial charge in [-0.05, 0) is 67.6 Å². The number of anilines is 2. The van der Waals surface area contributed by atoms with E-state index < -0.39 is 0 Å². The number of ether oxygens (including phenoxy) is 1. The lowest BCUT2D eigenvalue weighted by Gasteiger charge is -2.11. The molecule has 0 fully saturated rings. The zero-order valence-corrected chi connectivity index (χ0v) is 17.4. The van der Waals surface area contributed by atoms with Gasteiger partial charge in [-0.2, -0.15) is 0 Å². The molecule has 2 amide bonds. The Hall–Kier alpha value is -3.71. The van der Waals surface area contributed by atoms with Crippen LogP contribution in [-0.2, 0) is 4.79 Å². The predicted octanol–water partition coefficient (Wildman–Crippen LogP) is 3.35. The summed E-state index contributed by atoms with van der Waals surface area (Å²) in [6.07, 6.45) is 0. The van der Waals surface area contributed by atoms with Gasteiger partial charge in [0, 0.05) is 22.5 Å². The van der Waals surface area contributed by atoms with Crippen molar-refractivity contribution in [3.05, 3.63) is 89.7 Å². The first kappa shape index (κ1) is 22.0. The second-order valence-electron chi connectivity index (χ2n) is 7.09. The van der Waals surface area contributed by atoms with Crippen LogP contribution in [0.3, 0.4) is 0 Å². The lowest BCUT2D eigenvalue weighted by molar-refractivity contribution is -0.682. The van der Waals surface area contributed by atoms with E-state index in [2.05, 4.69) is 10.6 Å². The first-order chi connectivity index (χ1) is 14.9. The highest BCUT2D eigenvalue weighted by atomic mass is 19.1. The van der Waals surface area contributed by atoms with E-state index in [1.807, 2.05) is 12.2 Å². The van der Waals surface area contributed by atoms with Gasteiger partial charge in [-0.25, -0.2) is 4.39 Å². The van der Waals surface area contributed by atoms with Crippen LogP contribution in [0.15, 0.2) is 72.8 Å². The van der Waals surface area contributed by atoms with E-state index in [1.165, 1.54) is 12.1 Å². The predicted molar refractivity (Wildman–Crippen MR) is 118 cm³/mol. The third-order valence-corrected chi connectivity index (χ3v) is 4.83. The number of nitrogens with two attached hydrogens (primary N) is 1. The van der Waals surface area contributed by atoms with Crippen molar-refractivity contribution in [2.75, 3.05) is 24.3 Å². The van der Waals surface area contributed by atoms with Gasteiger partial charge in [0.05, 0.1) is 7.11 Å². The van der Waals surface area contributed by atoms with Crippen molar-refractivity contribution in [1.82, 2.24) is 0 Å². The molecule has 0 saturated carbocycles. The number of quaternary nitrogens is 1. The Morgan fingerprint density at radius 3 is 2.10 bits per heavy atom. The molecule has 3 rings (SSSR count). The highest BCUT2D eigenvalue weighted by molar-refractivity contribution is 6.04. The molecule has 0 unspecified atom stereocenters. The third-order valence-electron chi connectivity index (χ3n) is 4.83. The Balaban J connectivity index is 1.49. The first-order valence-electron chi connectivity index (χ1n) is 9.88. The molecule has 0 saturated heterocycles. The Morgan fingerprint density at radius 1 is 0.903 bits per heavy atom. The number of amides is 2. The molecular formula is C24H25FN3O3+. The van der Waals surface area contributed by atoms with E-state index in [0.717, 1.165) is 5.56 Å². The maximum Gasteiger partial charge on any atom is 0.279 e. The van der Waals surface area contributed by atoms with E-state index >= 15 is 0 Å². The fraction of sp³-hybridized carbons (Fsp3) is 0.167. The normalized spacial score (nSPS) is 11.5. The second kappa shape index (κ2) is 10.4. The van der Waals surface area contributed by atoms with Crippen molar-refractivity contribution in [3.63, 3.8) is 0 Å². The van der Waals surface area contributed by atoms with E-state index in [9.17, 15) is 14.0 Å². The molecule has 160 valence electrons. The van der Waals surface area contributed by atoms with E-state index in [-0.39, 0.29) is 30.2 Å². The monoisotopic (exact) mass is 422 g/mol. The summed E-state index contributed by atoms with van der Waals surface area (Å²) in [6.45, 7) is 2.18. The Labute approximate surface area is 180 Å². The highest BCUT2D eigenvalue weighted by Gasteiger charge is 2.12. The summed E-state index contributed by atoms with van der Waals surface area (Å²) < 4.78 is 18.1. The number of rotatable bonds is 8. The molecule has 0 aromatic heterocycles. The highest BCUT2D eigenvalue weighted by Crippen LogP contribution is 2.17. The SMILES string of the molecule is COc1ccc(NC(=O)c2ccc(NC(=O)C[NH2+][C@@H](C)c3ccc(F)cc3)cc2)cc1. The zero-order valence-electron chi connectivity index (χ0n) is 17.4. The molecule has 0 aliphatic heterocycles. The maximum absolute atomic E-state index is 13.0. The van der Waals surface area contributed by atoms with Gasteiger partial charge in [0.15, 0.2) is 6.54 Å². The summed E-state index contributed by atoms with van der Waals surface area (Å²) >= 11 is 0. The topological polar surface area (TPSA) is 84.0 Å². The minimum Gasteiger partial charge on any atom is -0.497 e. The summed E-state index contributed by atoms with van der Waals surface area (Å²) in [5, 5.41) is 7.50. The minimum absolute atomic E-state index is 0.0235. The van der Waals surface area contributed by atoms with Gasteiger partial charge in [0.2, 0.25) is 0 Å². The molecule has 6 nitrogen and oxygen atoms in total. The average Bonchev–Trinajstić information content (AvgIpc) is 2.79. The van der Waals surface area contributed by atoms with Gasteiger partial charge >= 0.3 is 0 Å². The van der Waals surface area contributed by atoms with Crippen molar-refractivity contribution in [2.24, 2.45) is 0 Å². The summed E-state index contributed by atoms with van der Waals surface area (Å²) in [6, 6.07) is 20.0. The quantitative estimate of drug-likeness (QED) is 0.521. The molecule has 0 bridgehead atoms. The molecule has 0 spiro atoms. The standard InChI is InChI=1S/C24H24FN3O3/c1-16(17-3-7-19(25)8-4-17)26-15-23(29)27-20-9-5-18(6-10-20)24(30)28-21-11-13-22(31-2)14-12-21/h3-14,16,26H,15H2,1-2H3,(H,27,29)(H,28,30)/p+1/t16-/m0/s1. The number of halogens is 1. The van der Waals surface area contributed by atoms with Crippen LogP contribution in [0.25, 0.3) is 0 Å². The van der Waals surface area contributed by atoms with Crippen molar-refractivity contribution in [1.29, 1.82) is 0 Å². The number of benzene rings is 3. The summed E-state index contributed by atoms with van der Waals surface area (Å²) in [7, 11) is 1.58. The van der Waals surface area contributed by atoms with Crippen molar-refractivity contribution >= 4 is 23.2 Å². The average molecular weight is 422 g/mol. The lowest BCUT2D eigenvalue weighted by atomic mass is 10.1. The van der Waals surface area contributed by atoms with Crippen LogP contribution >= 0.6 is 0 Å².